The largest absolute Gasteiger partial charge is 0.407 e. The van der Waals surface area contributed by atoms with Crippen molar-refractivity contribution in [3.8, 4) is 0 Å². The average molecular weight is 112 g/mol. The highest BCUT2D eigenvalue weighted by Crippen LogP contribution is 1.94. The van der Waals surface area contributed by atoms with Crippen LogP contribution in [0.3, 0.4) is 0 Å². The molecule has 1 rings (SSSR count). The molecule has 1 heterocycles. The first-order valence-corrected chi connectivity index (χ1v) is 2.63. The van der Waals surface area contributed by atoms with Gasteiger partial charge in [-0.1, -0.05) is 0 Å². The topological polar surface area (TPSA) is 17.0 Å². The Kier molecular flexibility index (Phi) is 1.08. The van der Waals surface area contributed by atoms with Crippen molar-refractivity contribution in [2.45, 2.75) is 13.8 Å². The lowest BCUT2D eigenvalue weighted by atomic mass is 10.6. The zero-order valence-corrected chi connectivity index (χ0v) is 5.43. The second kappa shape index (κ2) is 1.62. The predicted molar refractivity (Wildman–Crippen MR) is 29.4 cm³/mol. The molecule has 0 N–H and O–H groups in total. The number of hydrogen-bond acceptors (Lipinski definition) is 1. The van der Waals surface area contributed by atoms with Gasteiger partial charge in [0.05, 0.1) is 6.92 Å². The molecule has 0 aromatic carbocycles. The SMILES string of the molecule is Cc1c[n+](C)c(C)o1. The van der Waals surface area contributed by atoms with E-state index in [1.807, 2.05) is 31.7 Å². The molecule has 2 nitrogen and oxygen atoms in total. The molecule has 44 valence electrons. The van der Waals surface area contributed by atoms with Crippen LogP contribution in [0.15, 0.2) is 10.6 Å². The molecular formula is C6H10NO+. The number of hydrogen-bond donors (Lipinski definition) is 0. The number of aryl methyl sites for hydroxylation is 3. The van der Waals surface area contributed by atoms with Crippen molar-refractivity contribution in [3.63, 3.8) is 0 Å². The van der Waals surface area contributed by atoms with E-state index < -0.39 is 0 Å². The van der Waals surface area contributed by atoms with Gasteiger partial charge in [-0.25, -0.2) is 0 Å². The monoisotopic (exact) mass is 112 g/mol. The molecule has 0 spiro atoms. The summed E-state index contributed by atoms with van der Waals surface area (Å²) in [6, 6.07) is 0. The quantitative estimate of drug-likeness (QED) is 0.452. The van der Waals surface area contributed by atoms with Gasteiger partial charge < -0.3 is 4.42 Å². The van der Waals surface area contributed by atoms with Crippen LogP contribution in [0.1, 0.15) is 11.7 Å². The third kappa shape index (κ3) is 0.735. The predicted octanol–water partition coefficient (Wildman–Crippen LogP) is 0.721. The second-order valence-corrected chi connectivity index (χ2v) is 1.97. The molecular weight excluding hydrogens is 102 g/mol. The maximum Gasteiger partial charge on any atom is 0.343 e. The maximum absolute atomic E-state index is 5.18. The van der Waals surface area contributed by atoms with Gasteiger partial charge in [-0.15, -0.1) is 0 Å². The number of nitrogens with zero attached hydrogens (tertiary/aromatic N) is 1. The molecule has 0 saturated heterocycles. The Morgan fingerprint density at radius 1 is 1.50 bits per heavy atom. The summed E-state index contributed by atoms with van der Waals surface area (Å²) in [6.07, 6.45) is 1.95. The molecule has 0 unspecified atom stereocenters. The van der Waals surface area contributed by atoms with E-state index in [2.05, 4.69) is 0 Å². The summed E-state index contributed by atoms with van der Waals surface area (Å²) < 4.78 is 7.13. The molecule has 2 heteroatoms. The fourth-order valence-corrected chi connectivity index (χ4v) is 0.695. The van der Waals surface area contributed by atoms with Crippen molar-refractivity contribution in [2.24, 2.45) is 7.05 Å². The lowest BCUT2D eigenvalue weighted by Gasteiger charge is -1.73. The summed E-state index contributed by atoms with van der Waals surface area (Å²) >= 11 is 0. The Balaban J connectivity index is 3.14. The summed E-state index contributed by atoms with van der Waals surface area (Å²) in [5, 5.41) is 0. The van der Waals surface area contributed by atoms with Crippen LogP contribution in [-0.4, -0.2) is 0 Å². The first kappa shape index (κ1) is 5.35. The minimum absolute atomic E-state index is 0.947. The molecule has 0 aliphatic rings. The van der Waals surface area contributed by atoms with Crippen LogP contribution in [0.25, 0.3) is 0 Å². The molecule has 0 atom stereocenters. The first-order valence-electron chi connectivity index (χ1n) is 2.63. The van der Waals surface area contributed by atoms with E-state index in [-0.39, 0.29) is 0 Å². The molecule has 0 amide bonds. The zero-order chi connectivity index (χ0) is 6.15. The third-order valence-electron chi connectivity index (χ3n) is 1.18. The van der Waals surface area contributed by atoms with Crippen LogP contribution in [0.2, 0.25) is 0 Å². The summed E-state index contributed by atoms with van der Waals surface area (Å²) in [6.45, 7) is 3.88. The summed E-state index contributed by atoms with van der Waals surface area (Å²) in [7, 11) is 1.96. The Bertz CT molecular complexity index is 171. The van der Waals surface area contributed by atoms with Gasteiger partial charge in [0.25, 0.3) is 0 Å². The maximum atomic E-state index is 5.18. The molecule has 1 aromatic rings. The number of rotatable bonds is 0. The van der Waals surface area contributed by atoms with Crippen molar-refractivity contribution in [1.82, 2.24) is 0 Å². The van der Waals surface area contributed by atoms with E-state index in [1.165, 1.54) is 0 Å². The Labute approximate surface area is 48.8 Å². The fraction of sp³-hybridized carbons (Fsp3) is 0.500. The van der Waals surface area contributed by atoms with E-state index in [0.29, 0.717) is 0 Å². The molecule has 0 saturated carbocycles. The van der Waals surface area contributed by atoms with Crippen molar-refractivity contribution >= 4 is 0 Å². The highest BCUT2D eigenvalue weighted by Gasteiger charge is 2.04. The average Bonchev–Trinajstić information content (AvgIpc) is 1.85. The molecule has 8 heavy (non-hydrogen) atoms. The van der Waals surface area contributed by atoms with Gasteiger partial charge >= 0.3 is 5.89 Å². The Morgan fingerprint density at radius 3 is 2.25 bits per heavy atom. The van der Waals surface area contributed by atoms with Crippen LogP contribution in [0.4, 0.5) is 0 Å². The standard InChI is InChI=1S/C6H10NO/c1-5-4-7(3)6(2)8-5/h4H,1-3H3/q+1. The minimum Gasteiger partial charge on any atom is -0.407 e. The molecule has 0 fully saturated rings. The molecule has 0 radical (unpaired) electrons. The van der Waals surface area contributed by atoms with Crippen molar-refractivity contribution in [2.75, 3.05) is 0 Å². The normalized spacial score (nSPS) is 9.88. The second-order valence-electron chi connectivity index (χ2n) is 1.97. The van der Waals surface area contributed by atoms with E-state index in [0.717, 1.165) is 11.7 Å². The minimum atomic E-state index is 0.947. The number of oxazole rings is 1. The Morgan fingerprint density at radius 2 is 2.12 bits per heavy atom. The summed E-state index contributed by atoms with van der Waals surface area (Å²) in [5.74, 6) is 1.91. The Hall–Kier alpha value is -0.790. The molecule has 1 aromatic heterocycles. The highest BCUT2D eigenvalue weighted by atomic mass is 16.4. The van der Waals surface area contributed by atoms with Gasteiger partial charge in [-0.2, -0.15) is 4.57 Å². The van der Waals surface area contributed by atoms with Crippen molar-refractivity contribution in [1.29, 1.82) is 0 Å². The van der Waals surface area contributed by atoms with Crippen LogP contribution in [0.5, 0.6) is 0 Å². The van der Waals surface area contributed by atoms with Crippen LogP contribution in [-0.2, 0) is 7.05 Å². The molecule has 0 aliphatic carbocycles. The number of aromatic nitrogens is 1. The van der Waals surface area contributed by atoms with Gasteiger partial charge in [-0.3, -0.25) is 0 Å². The van der Waals surface area contributed by atoms with Gasteiger partial charge in [0, 0.05) is 6.92 Å². The lowest BCUT2D eigenvalue weighted by Crippen LogP contribution is -2.27. The fourth-order valence-electron chi connectivity index (χ4n) is 0.695. The summed E-state index contributed by atoms with van der Waals surface area (Å²) in [4.78, 5) is 0. The van der Waals surface area contributed by atoms with E-state index >= 15 is 0 Å². The van der Waals surface area contributed by atoms with Crippen LogP contribution >= 0.6 is 0 Å². The van der Waals surface area contributed by atoms with Gasteiger partial charge in [0.15, 0.2) is 5.76 Å². The first-order chi connectivity index (χ1) is 3.70. The van der Waals surface area contributed by atoms with E-state index in [1.54, 1.807) is 0 Å². The van der Waals surface area contributed by atoms with Crippen LogP contribution < -0.4 is 4.57 Å². The zero-order valence-electron chi connectivity index (χ0n) is 5.43. The van der Waals surface area contributed by atoms with E-state index in [4.69, 9.17) is 4.42 Å². The molecule has 0 bridgehead atoms. The highest BCUT2D eigenvalue weighted by molar-refractivity contribution is 4.79. The van der Waals surface area contributed by atoms with Crippen LogP contribution in [0, 0.1) is 13.8 Å². The van der Waals surface area contributed by atoms with E-state index in [9.17, 15) is 0 Å². The van der Waals surface area contributed by atoms with Gasteiger partial charge in [0.2, 0.25) is 6.20 Å². The van der Waals surface area contributed by atoms with Crippen molar-refractivity contribution < 1.29 is 8.98 Å². The van der Waals surface area contributed by atoms with Gasteiger partial charge in [-0.05, 0) is 0 Å². The third-order valence-corrected chi connectivity index (χ3v) is 1.18. The van der Waals surface area contributed by atoms with Crippen molar-refractivity contribution in [3.05, 3.63) is 17.8 Å². The smallest absolute Gasteiger partial charge is 0.343 e. The summed E-state index contributed by atoms with van der Waals surface area (Å²) in [5.41, 5.74) is 0. The lowest BCUT2D eigenvalue weighted by molar-refractivity contribution is -0.681. The molecule has 0 aliphatic heterocycles. The van der Waals surface area contributed by atoms with Gasteiger partial charge in [0.1, 0.15) is 7.05 Å².